The molecule has 0 fully saturated rings. The molecule has 0 aliphatic rings. The fourth-order valence-electron chi connectivity index (χ4n) is 2.53. The van der Waals surface area contributed by atoms with Crippen molar-refractivity contribution in [1.29, 1.82) is 0 Å². The smallest absolute Gasteiger partial charge is 0.270 e. The van der Waals surface area contributed by atoms with E-state index >= 15 is 0 Å². The van der Waals surface area contributed by atoms with E-state index in [1.54, 1.807) is 6.20 Å². The quantitative estimate of drug-likeness (QED) is 0.706. The highest BCUT2D eigenvalue weighted by Gasteiger charge is 2.14. The summed E-state index contributed by atoms with van der Waals surface area (Å²) in [5.41, 5.74) is 1.61. The van der Waals surface area contributed by atoms with Gasteiger partial charge in [-0.25, -0.2) is 0 Å². The zero-order valence-electron chi connectivity index (χ0n) is 12.6. The van der Waals surface area contributed by atoms with E-state index in [-0.39, 0.29) is 11.9 Å². The largest absolute Gasteiger partial charge is 0.347 e. The summed E-state index contributed by atoms with van der Waals surface area (Å²) in [4.78, 5) is 16.7. The molecular formula is C19H18N2OS. The SMILES string of the molecule is O=C(N[C@@H](CS)Cc1ccccc1)c1cc2ccccc2cn1. The van der Waals surface area contributed by atoms with Crippen LogP contribution in [0.25, 0.3) is 10.8 Å². The Morgan fingerprint density at radius 3 is 2.48 bits per heavy atom. The van der Waals surface area contributed by atoms with E-state index in [0.717, 1.165) is 17.2 Å². The Labute approximate surface area is 141 Å². The van der Waals surface area contributed by atoms with Crippen molar-refractivity contribution in [3.8, 4) is 0 Å². The summed E-state index contributed by atoms with van der Waals surface area (Å²) in [5.74, 6) is 0.416. The zero-order valence-corrected chi connectivity index (χ0v) is 13.5. The summed E-state index contributed by atoms with van der Waals surface area (Å²) in [5, 5.41) is 5.06. The Kier molecular flexibility index (Phi) is 4.93. The van der Waals surface area contributed by atoms with Crippen LogP contribution in [0.15, 0.2) is 66.9 Å². The highest BCUT2D eigenvalue weighted by atomic mass is 32.1. The third-order valence-corrected chi connectivity index (χ3v) is 4.18. The topological polar surface area (TPSA) is 42.0 Å². The van der Waals surface area contributed by atoms with Gasteiger partial charge in [-0.1, -0.05) is 54.6 Å². The second-order valence-electron chi connectivity index (χ2n) is 5.46. The molecule has 0 unspecified atom stereocenters. The van der Waals surface area contributed by atoms with Crippen molar-refractivity contribution in [1.82, 2.24) is 10.3 Å². The molecule has 1 N–H and O–H groups in total. The number of hydrogen-bond acceptors (Lipinski definition) is 3. The molecule has 1 aromatic heterocycles. The average molecular weight is 322 g/mol. The first-order chi connectivity index (χ1) is 11.3. The Morgan fingerprint density at radius 2 is 1.74 bits per heavy atom. The van der Waals surface area contributed by atoms with E-state index in [1.165, 1.54) is 5.56 Å². The predicted molar refractivity (Wildman–Crippen MR) is 97.0 cm³/mol. The molecule has 3 nitrogen and oxygen atoms in total. The monoisotopic (exact) mass is 322 g/mol. The summed E-state index contributed by atoms with van der Waals surface area (Å²) in [6.45, 7) is 0. The van der Waals surface area contributed by atoms with Crippen molar-refractivity contribution in [2.75, 3.05) is 5.75 Å². The van der Waals surface area contributed by atoms with Gasteiger partial charge in [0.1, 0.15) is 5.69 Å². The third-order valence-electron chi connectivity index (χ3n) is 3.74. The molecule has 0 radical (unpaired) electrons. The van der Waals surface area contributed by atoms with E-state index in [0.29, 0.717) is 11.4 Å². The number of nitrogens with one attached hydrogen (secondary N) is 1. The van der Waals surface area contributed by atoms with Crippen LogP contribution in [0.3, 0.4) is 0 Å². The first kappa shape index (κ1) is 15.6. The molecule has 0 saturated heterocycles. The second kappa shape index (κ2) is 7.29. The third kappa shape index (κ3) is 3.90. The van der Waals surface area contributed by atoms with Crippen molar-refractivity contribution in [2.45, 2.75) is 12.5 Å². The number of carbonyl (C=O) groups is 1. The standard InChI is InChI=1S/C19H18N2OS/c22-19(18-11-15-8-4-5-9-16(15)12-20-18)21-17(13-23)10-14-6-2-1-3-7-14/h1-9,11-12,17,23H,10,13H2,(H,21,22)/t17-/m1/s1. The summed E-state index contributed by atoms with van der Waals surface area (Å²) in [6.07, 6.45) is 2.49. The molecule has 116 valence electrons. The van der Waals surface area contributed by atoms with Gasteiger partial charge in [-0.05, 0) is 23.4 Å². The number of fused-ring (bicyclic) bond motifs is 1. The fraction of sp³-hybridized carbons (Fsp3) is 0.158. The number of nitrogens with zero attached hydrogens (tertiary/aromatic N) is 1. The maximum absolute atomic E-state index is 12.4. The maximum atomic E-state index is 12.4. The van der Waals surface area contributed by atoms with Crippen molar-refractivity contribution in [3.63, 3.8) is 0 Å². The van der Waals surface area contributed by atoms with Gasteiger partial charge in [0.2, 0.25) is 0 Å². The highest BCUT2D eigenvalue weighted by Crippen LogP contribution is 2.13. The average Bonchev–Trinajstić information content (AvgIpc) is 2.61. The van der Waals surface area contributed by atoms with Gasteiger partial charge in [-0.2, -0.15) is 12.6 Å². The summed E-state index contributed by atoms with van der Waals surface area (Å²) >= 11 is 4.36. The lowest BCUT2D eigenvalue weighted by Crippen LogP contribution is -2.38. The van der Waals surface area contributed by atoms with Crippen molar-refractivity contribution >= 4 is 29.3 Å². The van der Waals surface area contributed by atoms with Crippen LogP contribution in [0.5, 0.6) is 0 Å². The minimum absolute atomic E-state index is 0.0264. The van der Waals surface area contributed by atoms with Crippen LogP contribution < -0.4 is 5.32 Å². The van der Waals surface area contributed by atoms with E-state index in [1.807, 2.05) is 48.5 Å². The number of hydrogen-bond donors (Lipinski definition) is 2. The van der Waals surface area contributed by atoms with E-state index < -0.39 is 0 Å². The first-order valence-electron chi connectivity index (χ1n) is 7.56. The fourth-order valence-corrected chi connectivity index (χ4v) is 2.75. The number of pyridine rings is 1. The lowest BCUT2D eigenvalue weighted by atomic mass is 10.1. The molecule has 3 rings (SSSR count). The Balaban J connectivity index is 1.73. The molecular weight excluding hydrogens is 304 g/mol. The van der Waals surface area contributed by atoms with Gasteiger partial charge in [0.15, 0.2) is 0 Å². The molecule has 0 spiro atoms. The van der Waals surface area contributed by atoms with Crippen LogP contribution in [-0.2, 0) is 6.42 Å². The number of thiol groups is 1. The zero-order chi connectivity index (χ0) is 16.1. The molecule has 3 aromatic rings. The van der Waals surface area contributed by atoms with Crippen LogP contribution in [-0.4, -0.2) is 22.7 Å². The van der Waals surface area contributed by atoms with Gasteiger partial charge >= 0.3 is 0 Å². The molecule has 1 heterocycles. The van der Waals surface area contributed by atoms with Crippen LogP contribution in [0.4, 0.5) is 0 Å². The molecule has 1 amide bonds. The first-order valence-corrected chi connectivity index (χ1v) is 8.20. The number of aromatic nitrogens is 1. The number of amides is 1. The van der Waals surface area contributed by atoms with Gasteiger partial charge in [0, 0.05) is 23.4 Å². The molecule has 2 aromatic carbocycles. The molecule has 4 heteroatoms. The van der Waals surface area contributed by atoms with Crippen molar-refractivity contribution in [3.05, 3.63) is 78.1 Å². The molecule has 0 aliphatic heterocycles. The minimum atomic E-state index is -0.161. The molecule has 0 bridgehead atoms. The van der Waals surface area contributed by atoms with Gasteiger partial charge in [-0.3, -0.25) is 9.78 Å². The minimum Gasteiger partial charge on any atom is -0.347 e. The maximum Gasteiger partial charge on any atom is 0.270 e. The van der Waals surface area contributed by atoms with E-state index in [4.69, 9.17) is 0 Å². The van der Waals surface area contributed by atoms with E-state index in [2.05, 4.69) is 35.1 Å². The predicted octanol–water partition coefficient (Wildman–Crippen LogP) is 3.51. The van der Waals surface area contributed by atoms with Gasteiger partial charge < -0.3 is 5.32 Å². The van der Waals surface area contributed by atoms with Crippen LogP contribution >= 0.6 is 12.6 Å². The highest BCUT2D eigenvalue weighted by molar-refractivity contribution is 7.80. The summed E-state index contributed by atoms with van der Waals surface area (Å²) in [7, 11) is 0. The molecule has 1 atom stereocenters. The van der Waals surface area contributed by atoms with Gasteiger partial charge in [-0.15, -0.1) is 0 Å². The van der Waals surface area contributed by atoms with Crippen molar-refractivity contribution in [2.24, 2.45) is 0 Å². The van der Waals surface area contributed by atoms with Gasteiger partial charge in [0.25, 0.3) is 5.91 Å². The van der Waals surface area contributed by atoms with Crippen molar-refractivity contribution < 1.29 is 4.79 Å². The molecule has 0 aliphatic carbocycles. The normalized spacial score (nSPS) is 12.0. The Morgan fingerprint density at radius 1 is 1.04 bits per heavy atom. The summed E-state index contributed by atoms with van der Waals surface area (Å²) < 4.78 is 0. The number of carbonyl (C=O) groups excluding carboxylic acids is 1. The van der Waals surface area contributed by atoms with Crippen LogP contribution in [0.1, 0.15) is 16.1 Å². The Bertz CT molecular complexity index is 805. The van der Waals surface area contributed by atoms with E-state index in [9.17, 15) is 4.79 Å². The lowest BCUT2D eigenvalue weighted by molar-refractivity contribution is 0.0936. The lowest BCUT2D eigenvalue weighted by Gasteiger charge is -2.16. The van der Waals surface area contributed by atoms with Crippen LogP contribution in [0.2, 0.25) is 0 Å². The molecule has 0 saturated carbocycles. The van der Waals surface area contributed by atoms with Gasteiger partial charge in [0.05, 0.1) is 0 Å². The van der Waals surface area contributed by atoms with Crippen LogP contribution in [0, 0.1) is 0 Å². The second-order valence-corrected chi connectivity index (χ2v) is 5.82. The Hall–Kier alpha value is -2.33. The number of rotatable bonds is 5. The molecule has 23 heavy (non-hydrogen) atoms. The number of benzene rings is 2. The summed E-state index contributed by atoms with van der Waals surface area (Å²) in [6, 6.07) is 19.8.